The van der Waals surface area contributed by atoms with E-state index in [9.17, 15) is 4.79 Å². The number of hydrazine groups is 1. The van der Waals surface area contributed by atoms with E-state index in [1.165, 1.54) is 5.56 Å². The molecule has 1 unspecified atom stereocenters. The minimum atomic E-state index is -0.0857. The highest BCUT2D eigenvalue weighted by Gasteiger charge is 2.13. The fourth-order valence-corrected chi connectivity index (χ4v) is 2.40. The van der Waals surface area contributed by atoms with Gasteiger partial charge in [0.1, 0.15) is 0 Å². The molecule has 2 aromatic carbocycles. The summed E-state index contributed by atoms with van der Waals surface area (Å²) in [7, 11) is 0. The molecule has 0 saturated heterocycles. The lowest BCUT2D eigenvalue weighted by molar-refractivity contribution is 0.0940. The third-order valence-electron chi connectivity index (χ3n) is 3.65. The van der Waals surface area contributed by atoms with Gasteiger partial charge >= 0.3 is 0 Å². The van der Waals surface area contributed by atoms with E-state index in [0.29, 0.717) is 5.56 Å². The van der Waals surface area contributed by atoms with Gasteiger partial charge in [0.05, 0.1) is 11.7 Å². The molecule has 0 radical (unpaired) electrons. The highest BCUT2D eigenvalue weighted by molar-refractivity contribution is 5.95. The van der Waals surface area contributed by atoms with E-state index >= 15 is 0 Å². The van der Waals surface area contributed by atoms with Crippen LogP contribution in [0.25, 0.3) is 0 Å². The second kappa shape index (κ2) is 6.41. The second-order valence-electron chi connectivity index (χ2n) is 5.23. The number of carbonyl (C=O) groups is 1. The molecule has 21 heavy (non-hydrogen) atoms. The van der Waals surface area contributed by atoms with Gasteiger partial charge in [-0.3, -0.25) is 10.6 Å². The largest absolute Gasteiger partial charge is 0.346 e. The maximum Gasteiger partial charge on any atom is 0.251 e. The molecular weight excluding hydrogens is 262 g/mol. The minimum absolute atomic E-state index is 0.0358. The highest BCUT2D eigenvalue weighted by atomic mass is 16.1. The Balaban J connectivity index is 2.14. The van der Waals surface area contributed by atoms with E-state index < -0.39 is 0 Å². The first-order chi connectivity index (χ1) is 10.0. The molecule has 0 spiro atoms. The van der Waals surface area contributed by atoms with E-state index in [-0.39, 0.29) is 11.9 Å². The first-order valence-electron chi connectivity index (χ1n) is 6.96. The summed E-state index contributed by atoms with van der Waals surface area (Å²) in [6, 6.07) is 13.4. The molecule has 110 valence electrons. The lowest BCUT2D eigenvalue weighted by Gasteiger charge is -2.17. The van der Waals surface area contributed by atoms with Crippen molar-refractivity contribution in [1.29, 1.82) is 0 Å². The van der Waals surface area contributed by atoms with Crippen LogP contribution in [0.1, 0.15) is 40.0 Å². The summed E-state index contributed by atoms with van der Waals surface area (Å²) in [6.07, 6.45) is 0. The van der Waals surface area contributed by atoms with Gasteiger partial charge < -0.3 is 10.7 Å². The van der Waals surface area contributed by atoms with Crippen LogP contribution < -0.4 is 16.6 Å². The molecule has 4 nitrogen and oxygen atoms in total. The molecule has 0 aliphatic carbocycles. The topological polar surface area (TPSA) is 67.2 Å². The predicted molar refractivity (Wildman–Crippen MR) is 86.0 cm³/mol. The smallest absolute Gasteiger partial charge is 0.251 e. The van der Waals surface area contributed by atoms with Crippen LogP contribution in [-0.2, 0) is 0 Å². The normalized spacial score (nSPS) is 11.8. The van der Waals surface area contributed by atoms with Gasteiger partial charge in [-0.15, -0.1) is 0 Å². The van der Waals surface area contributed by atoms with Crippen LogP contribution in [0.3, 0.4) is 0 Å². The maximum absolute atomic E-state index is 12.3. The molecule has 1 atom stereocenters. The highest BCUT2D eigenvalue weighted by Crippen LogP contribution is 2.19. The number of anilines is 1. The number of hydrogen-bond acceptors (Lipinski definition) is 3. The third-order valence-corrected chi connectivity index (χ3v) is 3.65. The summed E-state index contributed by atoms with van der Waals surface area (Å²) in [5, 5.41) is 3.03. The van der Waals surface area contributed by atoms with Crippen molar-refractivity contribution in [3.63, 3.8) is 0 Å². The van der Waals surface area contributed by atoms with Gasteiger partial charge in [-0.25, -0.2) is 0 Å². The summed E-state index contributed by atoms with van der Waals surface area (Å²) in [6.45, 7) is 5.95. The Labute approximate surface area is 125 Å². The van der Waals surface area contributed by atoms with Crippen molar-refractivity contribution in [3.05, 3.63) is 64.7 Å². The standard InChI is InChI=1S/C17H21N3O/c1-11-6-4-5-7-15(11)13(3)19-17(21)14-8-9-16(20-18)12(2)10-14/h4-10,13,20H,18H2,1-3H3,(H,19,21). The number of hydrogen-bond donors (Lipinski definition) is 3. The van der Waals surface area contributed by atoms with Crippen molar-refractivity contribution in [2.24, 2.45) is 5.84 Å². The quantitative estimate of drug-likeness (QED) is 0.596. The molecule has 0 bridgehead atoms. The predicted octanol–water partition coefficient (Wildman–Crippen LogP) is 3.08. The van der Waals surface area contributed by atoms with Crippen molar-refractivity contribution in [1.82, 2.24) is 5.32 Å². The van der Waals surface area contributed by atoms with Gasteiger partial charge in [0.25, 0.3) is 5.91 Å². The van der Waals surface area contributed by atoms with E-state index in [1.807, 2.05) is 57.2 Å². The molecular formula is C17H21N3O. The van der Waals surface area contributed by atoms with E-state index in [1.54, 1.807) is 6.07 Å². The summed E-state index contributed by atoms with van der Waals surface area (Å²) >= 11 is 0. The molecule has 0 fully saturated rings. The van der Waals surface area contributed by atoms with E-state index in [0.717, 1.165) is 16.8 Å². The van der Waals surface area contributed by atoms with Crippen molar-refractivity contribution in [3.8, 4) is 0 Å². The van der Waals surface area contributed by atoms with Crippen LogP contribution in [0.5, 0.6) is 0 Å². The van der Waals surface area contributed by atoms with Crippen LogP contribution in [0.4, 0.5) is 5.69 Å². The zero-order chi connectivity index (χ0) is 15.4. The summed E-state index contributed by atoms with van der Waals surface area (Å²) in [4.78, 5) is 12.3. The van der Waals surface area contributed by atoms with Gasteiger partial charge in [-0.2, -0.15) is 0 Å². The number of benzene rings is 2. The van der Waals surface area contributed by atoms with Crippen molar-refractivity contribution in [2.75, 3.05) is 5.43 Å². The van der Waals surface area contributed by atoms with Crippen LogP contribution in [0.15, 0.2) is 42.5 Å². The Hall–Kier alpha value is -2.33. The monoisotopic (exact) mass is 283 g/mol. The first kappa shape index (κ1) is 15.1. The van der Waals surface area contributed by atoms with Crippen LogP contribution in [-0.4, -0.2) is 5.91 Å². The molecule has 0 aliphatic heterocycles. The van der Waals surface area contributed by atoms with E-state index in [2.05, 4.69) is 10.7 Å². The molecule has 4 heteroatoms. The summed E-state index contributed by atoms with van der Waals surface area (Å²) in [5.74, 6) is 5.31. The Morgan fingerprint density at radius 2 is 1.81 bits per heavy atom. The Kier molecular flexibility index (Phi) is 4.60. The summed E-state index contributed by atoms with van der Waals surface area (Å²) < 4.78 is 0. The SMILES string of the molecule is Cc1cc(C(=O)NC(C)c2ccccc2C)ccc1NN. The molecule has 2 rings (SSSR count). The lowest BCUT2D eigenvalue weighted by Crippen LogP contribution is -2.27. The molecule has 1 amide bonds. The average molecular weight is 283 g/mol. The Morgan fingerprint density at radius 3 is 2.43 bits per heavy atom. The molecule has 4 N–H and O–H groups in total. The summed E-state index contributed by atoms with van der Waals surface area (Å²) in [5.41, 5.74) is 7.29. The number of nitrogen functional groups attached to an aromatic ring is 1. The molecule has 0 saturated carbocycles. The number of rotatable bonds is 4. The van der Waals surface area contributed by atoms with Gasteiger partial charge in [-0.1, -0.05) is 24.3 Å². The van der Waals surface area contributed by atoms with Crippen LogP contribution in [0, 0.1) is 13.8 Å². The van der Waals surface area contributed by atoms with E-state index in [4.69, 9.17) is 5.84 Å². The fourth-order valence-electron chi connectivity index (χ4n) is 2.40. The average Bonchev–Trinajstić information content (AvgIpc) is 2.47. The maximum atomic E-state index is 12.3. The number of amides is 1. The number of nitrogens with two attached hydrogens (primary N) is 1. The third kappa shape index (κ3) is 3.41. The molecule has 0 aliphatic rings. The lowest BCUT2D eigenvalue weighted by atomic mass is 10.0. The van der Waals surface area contributed by atoms with Crippen LogP contribution in [0.2, 0.25) is 0 Å². The molecule has 2 aromatic rings. The minimum Gasteiger partial charge on any atom is -0.346 e. The van der Waals surface area contributed by atoms with Gasteiger partial charge in [0.15, 0.2) is 0 Å². The second-order valence-corrected chi connectivity index (χ2v) is 5.23. The van der Waals surface area contributed by atoms with Gasteiger partial charge in [0, 0.05) is 5.56 Å². The fraction of sp³-hybridized carbons (Fsp3) is 0.235. The van der Waals surface area contributed by atoms with Crippen molar-refractivity contribution in [2.45, 2.75) is 26.8 Å². The number of carbonyl (C=O) groups excluding carboxylic acids is 1. The van der Waals surface area contributed by atoms with Gasteiger partial charge in [-0.05, 0) is 55.7 Å². The number of nitrogens with one attached hydrogen (secondary N) is 2. The van der Waals surface area contributed by atoms with Crippen LogP contribution >= 0.6 is 0 Å². The molecule has 0 aromatic heterocycles. The van der Waals surface area contributed by atoms with Gasteiger partial charge in [0.2, 0.25) is 0 Å². The number of aryl methyl sites for hydroxylation is 2. The van der Waals surface area contributed by atoms with Crippen molar-refractivity contribution >= 4 is 11.6 Å². The molecule has 0 heterocycles. The first-order valence-corrected chi connectivity index (χ1v) is 6.96. The Morgan fingerprint density at radius 1 is 1.10 bits per heavy atom. The van der Waals surface area contributed by atoms with Crippen molar-refractivity contribution < 1.29 is 4.79 Å². The zero-order valence-corrected chi connectivity index (χ0v) is 12.6. The Bertz CT molecular complexity index is 652. The zero-order valence-electron chi connectivity index (χ0n) is 12.6.